The third-order valence-corrected chi connectivity index (χ3v) is 2.11. The number of nitrogens with one attached hydrogen (secondary N) is 2. The molecule has 0 saturated heterocycles. The molecule has 0 unspecified atom stereocenters. The van der Waals surface area contributed by atoms with Gasteiger partial charge in [-0.15, -0.1) is 0 Å². The zero-order valence-electron chi connectivity index (χ0n) is 10.1. The van der Waals surface area contributed by atoms with Crippen molar-refractivity contribution < 1.29 is 14.3 Å². The van der Waals surface area contributed by atoms with Gasteiger partial charge < -0.3 is 10.1 Å². The Kier molecular flexibility index (Phi) is 4.69. The van der Waals surface area contributed by atoms with Gasteiger partial charge in [0.2, 0.25) is 0 Å². The maximum absolute atomic E-state index is 11.5. The molecule has 3 amide bonds. The molecule has 0 aliphatic carbocycles. The lowest BCUT2D eigenvalue weighted by molar-refractivity contribution is -0.126. The van der Waals surface area contributed by atoms with Crippen molar-refractivity contribution in [1.29, 1.82) is 5.26 Å². The number of carbonyl (C=O) groups excluding carboxylic acids is 2. The van der Waals surface area contributed by atoms with E-state index in [1.165, 1.54) is 20.0 Å². The van der Waals surface area contributed by atoms with Crippen LogP contribution in [0.15, 0.2) is 24.3 Å². The highest BCUT2D eigenvalue weighted by molar-refractivity contribution is 5.96. The fraction of sp³-hybridized carbons (Fsp3) is 0.250. The van der Waals surface area contributed by atoms with E-state index in [-0.39, 0.29) is 0 Å². The van der Waals surface area contributed by atoms with Gasteiger partial charge in [0.15, 0.2) is 6.10 Å². The maximum Gasteiger partial charge on any atom is 0.321 e. The summed E-state index contributed by atoms with van der Waals surface area (Å²) in [6.07, 6.45) is -0.837. The van der Waals surface area contributed by atoms with Crippen molar-refractivity contribution in [3.8, 4) is 11.8 Å². The van der Waals surface area contributed by atoms with Crippen molar-refractivity contribution in [3.05, 3.63) is 29.8 Å². The smallest absolute Gasteiger partial charge is 0.321 e. The number of rotatable bonds is 3. The standard InChI is InChI=1S/C12H13N3O3/c1-8(11(16)15-12(17)14-2)18-10-5-3-4-9(6-10)7-13/h3-6,8H,1-2H3,(H2,14,15,16,17)/t8-/m1/s1. The van der Waals surface area contributed by atoms with E-state index in [9.17, 15) is 9.59 Å². The minimum Gasteiger partial charge on any atom is -0.481 e. The summed E-state index contributed by atoms with van der Waals surface area (Å²) in [5, 5.41) is 13.1. The fourth-order valence-corrected chi connectivity index (χ4v) is 1.17. The lowest BCUT2D eigenvalue weighted by atomic mass is 10.2. The summed E-state index contributed by atoms with van der Waals surface area (Å²) in [4.78, 5) is 22.4. The first-order valence-electron chi connectivity index (χ1n) is 5.26. The molecule has 0 radical (unpaired) electrons. The number of imide groups is 1. The highest BCUT2D eigenvalue weighted by Gasteiger charge is 2.16. The topological polar surface area (TPSA) is 91.2 Å². The predicted molar refractivity (Wildman–Crippen MR) is 63.8 cm³/mol. The number of ether oxygens (including phenoxy) is 1. The zero-order valence-corrected chi connectivity index (χ0v) is 10.1. The van der Waals surface area contributed by atoms with E-state index in [4.69, 9.17) is 10.00 Å². The molecule has 0 aliphatic heterocycles. The van der Waals surface area contributed by atoms with Gasteiger partial charge >= 0.3 is 6.03 Å². The molecular weight excluding hydrogens is 234 g/mol. The molecule has 2 N–H and O–H groups in total. The Morgan fingerprint density at radius 3 is 2.78 bits per heavy atom. The van der Waals surface area contributed by atoms with Gasteiger partial charge in [0.25, 0.3) is 5.91 Å². The molecule has 0 aromatic heterocycles. The van der Waals surface area contributed by atoms with Crippen LogP contribution < -0.4 is 15.4 Å². The van der Waals surface area contributed by atoms with Crippen LogP contribution in [0.4, 0.5) is 4.79 Å². The normalized spacial score (nSPS) is 10.9. The van der Waals surface area contributed by atoms with Crippen molar-refractivity contribution >= 4 is 11.9 Å². The van der Waals surface area contributed by atoms with Gasteiger partial charge in [-0.25, -0.2) is 4.79 Å². The third-order valence-electron chi connectivity index (χ3n) is 2.11. The second kappa shape index (κ2) is 6.25. The van der Waals surface area contributed by atoms with Crippen LogP contribution in [0.25, 0.3) is 0 Å². The minimum absolute atomic E-state index is 0.397. The summed E-state index contributed by atoms with van der Waals surface area (Å²) in [7, 11) is 1.41. The highest BCUT2D eigenvalue weighted by Crippen LogP contribution is 2.14. The number of carbonyl (C=O) groups is 2. The fourth-order valence-electron chi connectivity index (χ4n) is 1.17. The quantitative estimate of drug-likeness (QED) is 0.825. The van der Waals surface area contributed by atoms with Crippen molar-refractivity contribution in [1.82, 2.24) is 10.6 Å². The summed E-state index contributed by atoms with van der Waals surface area (Å²) in [5.74, 6) is -0.162. The van der Waals surface area contributed by atoms with Crippen LogP contribution in [0.1, 0.15) is 12.5 Å². The monoisotopic (exact) mass is 247 g/mol. The van der Waals surface area contributed by atoms with Crippen molar-refractivity contribution in [2.45, 2.75) is 13.0 Å². The van der Waals surface area contributed by atoms with Gasteiger partial charge in [0.05, 0.1) is 11.6 Å². The number of amides is 3. The molecule has 0 heterocycles. The molecule has 0 fully saturated rings. The number of nitriles is 1. The van der Waals surface area contributed by atoms with E-state index in [0.29, 0.717) is 11.3 Å². The van der Waals surface area contributed by atoms with Crippen LogP contribution in [0.5, 0.6) is 5.75 Å². The van der Waals surface area contributed by atoms with Gasteiger partial charge in [0.1, 0.15) is 5.75 Å². The predicted octanol–water partition coefficient (Wildman–Crippen LogP) is 0.781. The summed E-state index contributed by atoms with van der Waals surface area (Å²) in [5.41, 5.74) is 0.436. The summed E-state index contributed by atoms with van der Waals surface area (Å²) in [6.45, 7) is 1.51. The number of urea groups is 1. The first kappa shape index (κ1) is 13.5. The highest BCUT2D eigenvalue weighted by atomic mass is 16.5. The molecular formula is C12H13N3O3. The van der Waals surface area contributed by atoms with Crippen molar-refractivity contribution in [3.63, 3.8) is 0 Å². The Morgan fingerprint density at radius 2 is 2.17 bits per heavy atom. The molecule has 1 rings (SSSR count). The molecule has 0 bridgehead atoms. The minimum atomic E-state index is -0.837. The average molecular weight is 247 g/mol. The van der Waals surface area contributed by atoms with Gasteiger partial charge in [-0.1, -0.05) is 6.07 Å². The first-order valence-corrected chi connectivity index (χ1v) is 5.26. The third kappa shape index (κ3) is 3.79. The molecule has 18 heavy (non-hydrogen) atoms. The molecule has 6 nitrogen and oxygen atoms in total. The second-order valence-electron chi connectivity index (χ2n) is 3.47. The number of benzene rings is 1. The number of hydrogen-bond donors (Lipinski definition) is 2. The van der Waals surface area contributed by atoms with E-state index in [1.54, 1.807) is 18.2 Å². The Hall–Kier alpha value is -2.55. The molecule has 0 aliphatic rings. The Balaban J connectivity index is 2.64. The number of nitrogens with zero attached hydrogens (tertiary/aromatic N) is 1. The van der Waals surface area contributed by atoms with Gasteiger partial charge in [-0.05, 0) is 25.1 Å². The lowest BCUT2D eigenvalue weighted by Gasteiger charge is -2.13. The van der Waals surface area contributed by atoms with E-state index >= 15 is 0 Å². The maximum atomic E-state index is 11.5. The van der Waals surface area contributed by atoms with Crippen LogP contribution in [0.2, 0.25) is 0 Å². The Morgan fingerprint density at radius 1 is 1.44 bits per heavy atom. The molecule has 1 aromatic carbocycles. The number of hydrogen-bond acceptors (Lipinski definition) is 4. The van der Waals surface area contributed by atoms with Crippen LogP contribution in [-0.2, 0) is 4.79 Å². The zero-order chi connectivity index (χ0) is 13.5. The van der Waals surface area contributed by atoms with Gasteiger partial charge in [0, 0.05) is 7.05 Å². The van der Waals surface area contributed by atoms with Crippen LogP contribution >= 0.6 is 0 Å². The van der Waals surface area contributed by atoms with Crippen molar-refractivity contribution in [2.75, 3.05) is 7.05 Å². The first-order chi connectivity index (χ1) is 8.56. The van der Waals surface area contributed by atoms with E-state index in [1.807, 2.05) is 6.07 Å². The largest absolute Gasteiger partial charge is 0.481 e. The molecule has 1 aromatic rings. The van der Waals surface area contributed by atoms with Gasteiger partial charge in [-0.2, -0.15) is 5.26 Å². The molecule has 0 saturated carbocycles. The molecule has 0 spiro atoms. The van der Waals surface area contributed by atoms with E-state index < -0.39 is 18.0 Å². The van der Waals surface area contributed by atoms with Crippen LogP contribution in [0, 0.1) is 11.3 Å². The summed E-state index contributed by atoms with van der Waals surface area (Å²) < 4.78 is 5.32. The molecule has 6 heteroatoms. The Labute approximate surface area is 105 Å². The average Bonchev–Trinajstić information content (AvgIpc) is 2.38. The summed E-state index contributed by atoms with van der Waals surface area (Å²) in [6, 6.07) is 7.79. The SMILES string of the molecule is CNC(=O)NC(=O)[C@@H](C)Oc1cccc(C#N)c1. The molecule has 1 atom stereocenters. The lowest BCUT2D eigenvalue weighted by Crippen LogP contribution is -2.43. The van der Waals surface area contributed by atoms with Crippen LogP contribution in [0.3, 0.4) is 0 Å². The molecule has 94 valence electrons. The Bertz CT molecular complexity index is 494. The second-order valence-corrected chi connectivity index (χ2v) is 3.47. The summed E-state index contributed by atoms with van der Waals surface area (Å²) >= 11 is 0. The van der Waals surface area contributed by atoms with E-state index in [2.05, 4.69) is 10.6 Å². The van der Waals surface area contributed by atoms with Gasteiger partial charge in [-0.3, -0.25) is 10.1 Å². The van der Waals surface area contributed by atoms with Crippen molar-refractivity contribution in [2.24, 2.45) is 0 Å². The van der Waals surface area contributed by atoms with E-state index in [0.717, 1.165) is 0 Å². The van der Waals surface area contributed by atoms with Crippen LogP contribution in [-0.4, -0.2) is 25.1 Å².